The van der Waals surface area contributed by atoms with E-state index in [2.05, 4.69) is 57.3 Å². The average Bonchev–Trinajstić information content (AvgIpc) is 3.14. The van der Waals surface area contributed by atoms with E-state index < -0.39 is 0 Å². The topological polar surface area (TPSA) is 59.7 Å². The summed E-state index contributed by atoms with van der Waals surface area (Å²) in [5, 5.41) is 13.0. The van der Waals surface area contributed by atoms with Crippen LogP contribution in [0.2, 0.25) is 0 Å². The molecule has 1 saturated heterocycles. The van der Waals surface area contributed by atoms with E-state index in [0.29, 0.717) is 11.7 Å². The van der Waals surface area contributed by atoms with Gasteiger partial charge in [-0.15, -0.1) is 10.2 Å². The number of hydrogen-bond acceptors (Lipinski definition) is 5. The number of tetrazole rings is 1. The Labute approximate surface area is 160 Å². The molecule has 1 aliphatic rings. The highest BCUT2D eigenvalue weighted by atomic mass is 15.6. The molecule has 6 nitrogen and oxygen atoms in total. The molecular formula is C21H26N6. The Balaban J connectivity index is 1.37. The molecule has 140 valence electrons. The van der Waals surface area contributed by atoms with Crippen molar-refractivity contribution in [1.82, 2.24) is 30.1 Å². The monoisotopic (exact) mass is 362 g/mol. The van der Waals surface area contributed by atoms with E-state index >= 15 is 0 Å². The minimum atomic E-state index is 0.557. The van der Waals surface area contributed by atoms with Gasteiger partial charge in [0.2, 0.25) is 5.82 Å². The number of benzene rings is 1. The molecule has 27 heavy (non-hydrogen) atoms. The lowest BCUT2D eigenvalue weighted by Gasteiger charge is -2.32. The molecule has 1 atom stereocenters. The first kappa shape index (κ1) is 17.8. The Kier molecular flexibility index (Phi) is 5.25. The maximum atomic E-state index is 4.54. The minimum Gasteiger partial charge on any atom is -0.299 e. The van der Waals surface area contributed by atoms with Gasteiger partial charge in [0.25, 0.3) is 0 Å². The van der Waals surface area contributed by atoms with Crippen molar-refractivity contribution in [1.29, 1.82) is 0 Å². The maximum absolute atomic E-state index is 4.54. The van der Waals surface area contributed by atoms with E-state index in [9.17, 15) is 0 Å². The van der Waals surface area contributed by atoms with Crippen molar-refractivity contribution in [2.75, 3.05) is 13.1 Å². The van der Waals surface area contributed by atoms with Crippen LogP contribution < -0.4 is 0 Å². The number of nitrogens with zero attached hydrogens (tertiary/aromatic N) is 6. The fraction of sp³-hybridized carbons (Fsp3) is 0.429. The van der Waals surface area contributed by atoms with Crippen molar-refractivity contribution < 1.29 is 0 Å². The van der Waals surface area contributed by atoms with Crippen molar-refractivity contribution in [3.8, 4) is 11.4 Å². The number of pyridine rings is 1. The van der Waals surface area contributed by atoms with Gasteiger partial charge in [0.05, 0.1) is 6.54 Å². The molecule has 6 heteroatoms. The van der Waals surface area contributed by atoms with Gasteiger partial charge in [-0.1, -0.05) is 18.2 Å². The van der Waals surface area contributed by atoms with Gasteiger partial charge in [0.1, 0.15) is 0 Å². The van der Waals surface area contributed by atoms with Crippen molar-refractivity contribution in [3.63, 3.8) is 0 Å². The SMILES string of the molecule is Cc1ccc(CN2CCC[C@H](Cn3nnc(-c4cccnc4)n3)C2)cc1C. The van der Waals surface area contributed by atoms with E-state index in [4.69, 9.17) is 0 Å². The quantitative estimate of drug-likeness (QED) is 0.697. The number of piperidine rings is 1. The number of aryl methyl sites for hydroxylation is 2. The van der Waals surface area contributed by atoms with Crippen molar-refractivity contribution in [2.24, 2.45) is 5.92 Å². The Hall–Kier alpha value is -2.60. The zero-order valence-electron chi connectivity index (χ0n) is 16.0. The van der Waals surface area contributed by atoms with Gasteiger partial charge in [-0.25, -0.2) is 0 Å². The van der Waals surface area contributed by atoms with Crippen LogP contribution in [0.5, 0.6) is 0 Å². The van der Waals surface area contributed by atoms with Crippen LogP contribution in [0, 0.1) is 19.8 Å². The zero-order valence-corrected chi connectivity index (χ0v) is 16.0. The molecule has 4 rings (SSSR count). The summed E-state index contributed by atoms with van der Waals surface area (Å²) in [4.78, 5) is 8.42. The lowest BCUT2D eigenvalue weighted by molar-refractivity contribution is 0.149. The predicted octanol–water partition coefficient (Wildman–Crippen LogP) is 3.26. The third-order valence-electron chi connectivity index (χ3n) is 5.37. The normalized spacial score (nSPS) is 17.9. The highest BCUT2D eigenvalue weighted by Crippen LogP contribution is 2.21. The Morgan fingerprint density at radius 3 is 2.89 bits per heavy atom. The molecule has 2 aromatic heterocycles. The average molecular weight is 362 g/mol. The second-order valence-electron chi connectivity index (χ2n) is 7.57. The number of aromatic nitrogens is 5. The highest BCUT2D eigenvalue weighted by molar-refractivity contribution is 5.51. The summed E-state index contributed by atoms with van der Waals surface area (Å²) in [7, 11) is 0. The third kappa shape index (κ3) is 4.39. The Morgan fingerprint density at radius 2 is 2.07 bits per heavy atom. The van der Waals surface area contributed by atoms with Crippen LogP contribution in [-0.2, 0) is 13.1 Å². The van der Waals surface area contributed by atoms with Crippen LogP contribution >= 0.6 is 0 Å². The minimum absolute atomic E-state index is 0.557. The standard InChI is InChI=1S/C21H26N6/c1-16-7-8-18(11-17(16)2)13-26-10-4-5-19(14-26)15-27-24-21(23-25-27)20-6-3-9-22-12-20/h3,6-9,11-12,19H,4-5,10,13-15H2,1-2H3/t19-/m0/s1. The molecule has 0 N–H and O–H groups in total. The molecule has 1 fully saturated rings. The molecule has 0 saturated carbocycles. The first-order valence-corrected chi connectivity index (χ1v) is 9.64. The van der Waals surface area contributed by atoms with Crippen LogP contribution in [0.25, 0.3) is 11.4 Å². The van der Waals surface area contributed by atoms with Crippen molar-refractivity contribution in [2.45, 2.75) is 39.8 Å². The molecule has 1 aromatic carbocycles. The lowest BCUT2D eigenvalue weighted by Crippen LogP contribution is -2.36. The first-order chi connectivity index (χ1) is 13.2. The highest BCUT2D eigenvalue weighted by Gasteiger charge is 2.21. The summed E-state index contributed by atoms with van der Waals surface area (Å²) in [5.41, 5.74) is 5.04. The smallest absolute Gasteiger partial charge is 0.206 e. The van der Waals surface area contributed by atoms with Gasteiger partial charge >= 0.3 is 0 Å². The predicted molar refractivity (Wildman–Crippen MR) is 105 cm³/mol. The maximum Gasteiger partial charge on any atom is 0.206 e. The molecular weight excluding hydrogens is 336 g/mol. The zero-order chi connectivity index (χ0) is 18.6. The second-order valence-corrected chi connectivity index (χ2v) is 7.57. The number of likely N-dealkylation sites (tertiary alicyclic amines) is 1. The third-order valence-corrected chi connectivity index (χ3v) is 5.37. The van der Waals surface area contributed by atoms with Crippen molar-refractivity contribution >= 4 is 0 Å². The number of hydrogen-bond donors (Lipinski definition) is 0. The largest absolute Gasteiger partial charge is 0.299 e. The molecule has 1 aliphatic heterocycles. The fourth-order valence-electron chi connectivity index (χ4n) is 3.77. The lowest BCUT2D eigenvalue weighted by atomic mass is 9.97. The summed E-state index contributed by atoms with van der Waals surface area (Å²) in [6, 6.07) is 10.6. The van der Waals surface area contributed by atoms with Crippen molar-refractivity contribution in [3.05, 3.63) is 59.4 Å². The van der Waals surface area contributed by atoms with E-state index in [0.717, 1.165) is 31.7 Å². The van der Waals surface area contributed by atoms with E-state index in [1.165, 1.54) is 29.5 Å². The molecule has 0 aliphatic carbocycles. The van der Waals surface area contributed by atoms with Crippen LogP contribution in [0.15, 0.2) is 42.7 Å². The van der Waals surface area contributed by atoms with E-state index in [-0.39, 0.29) is 0 Å². The van der Waals surface area contributed by atoms with Crippen LogP contribution in [0.1, 0.15) is 29.5 Å². The molecule has 0 amide bonds. The van der Waals surface area contributed by atoms with Crippen LogP contribution in [0.4, 0.5) is 0 Å². The molecule has 0 radical (unpaired) electrons. The summed E-state index contributed by atoms with van der Waals surface area (Å²) in [6.45, 7) is 8.43. The molecule has 0 unspecified atom stereocenters. The molecule has 0 bridgehead atoms. The fourth-order valence-corrected chi connectivity index (χ4v) is 3.77. The van der Waals surface area contributed by atoms with E-state index in [1.54, 1.807) is 17.2 Å². The van der Waals surface area contributed by atoms with Crippen LogP contribution in [0.3, 0.4) is 0 Å². The summed E-state index contributed by atoms with van der Waals surface area (Å²) >= 11 is 0. The van der Waals surface area contributed by atoms with Gasteiger partial charge in [-0.3, -0.25) is 9.88 Å². The van der Waals surface area contributed by atoms with Gasteiger partial charge in [0.15, 0.2) is 0 Å². The van der Waals surface area contributed by atoms with Gasteiger partial charge < -0.3 is 0 Å². The van der Waals surface area contributed by atoms with Crippen LogP contribution in [-0.4, -0.2) is 43.2 Å². The Morgan fingerprint density at radius 1 is 1.15 bits per heavy atom. The molecule has 0 spiro atoms. The van der Waals surface area contributed by atoms with Gasteiger partial charge in [0, 0.05) is 31.0 Å². The van der Waals surface area contributed by atoms with E-state index in [1.807, 2.05) is 12.1 Å². The van der Waals surface area contributed by atoms with Gasteiger partial charge in [-0.2, -0.15) is 4.80 Å². The van der Waals surface area contributed by atoms with Gasteiger partial charge in [-0.05, 0) is 73.2 Å². The summed E-state index contributed by atoms with van der Waals surface area (Å²) in [5.74, 6) is 1.20. The molecule has 3 heterocycles. The number of rotatable bonds is 5. The second kappa shape index (κ2) is 7.96. The molecule has 3 aromatic rings. The Bertz CT molecular complexity index is 889. The summed E-state index contributed by atoms with van der Waals surface area (Å²) in [6.07, 6.45) is 5.96. The first-order valence-electron chi connectivity index (χ1n) is 9.64. The summed E-state index contributed by atoms with van der Waals surface area (Å²) < 4.78 is 0.